The van der Waals surface area contributed by atoms with E-state index >= 15 is 0 Å². The van der Waals surface area contributed by atoms with Crippen molar-refractivity contribution in [2.24, 2.45) is 11.8 Å². The van der Waals surface area contributed by atoms with E-state index in [4.69, 9.17) is 26.1 Å². The molecule has 2 amide bonds. The predicted molar refractivity (Wildman–Crippen MR) is 168 cm³/mol. The molecular weight excluding hydrogens is 604 g/mol. The smallest absolute Gasteiger partial charge is 0.326 e. The Balaban J connectivity index is 1.24. The van der Waals surface area contributed by atoms with Crippen molar-refractivity contribution in [3.63, 3.8) is 0 Å². The van der Waals surface area contributed by atoms with Crippen LogP contribution in [0.25, 0.3) is 17.4 Å². The van der Waals surface area contributed by atoms with Gasteiger partial charge >= 0.3 is 5.97 Å². The molecular formula is C32H36N2O8S2. The van der Waals surface area contributed by atoms with Gasteiger partial charge in [-0.05, 0) is 80.5 Å². The van der Waals surface area contributed by atoms with Gasteiger partial charge in [-0.2, -0.15) is 0 Å². The van der Waals surface area contributed by atoms with Gasteiger partial charge in [-0.25, -0.2) is 4.79 Å². The van der Waals surface area contributed by atoms with Gasteiger partial charge in [0, 0.05) is 36.9 Å². The van der Waals surface area contributed by atoms with Gasteiger partial charge in [0.1, 0.15) is 33.4 Å². The van der Waals surface area contributed by atoms with E-state index < -0.39 is 17.9 Å². The van der Waals surface area contributed by atoms with Crippen LogP contribution in [0.5, 0.6) is 11.5 Å². The average molecular weight is 641 g/mol. The summed E-state index contributed by atoms with van der Waals surface area (Å²) < 4.78 is 18.2. The molecule has 3 heterocycles. The molecule has 4 atom stereocenters. The highest BCUT2D eigenvalue weighted by Crippen LogP contribution is 2.49. The number of aliphatic hydroxyl groups is 1. The van der Waals surface area contributed by atoms with Crippen LogP contribution in [0.4, 0.5) is 0 Å². The number of thiocarbonyl (C=S) groups is 1. The van der Waals surface area contributed by atoms with Gasteiger partial charge in [0.05, 0.1) is 12.0 Å². The number of furan rings is 1. The molecule has 2 aliphatic carbocycles. The van der Waals surface area contributed by atoms with Gasteiger partial charge in [0.15, 0.2) is 6.61 Å². The number of fused-ring (bicyclic) bond motifs is 2. The Kier molecular flexibility index (Phi) is 9.02. The Morgan fingerprint density at radius 1 is 1.16 bits per heavy atom. The van der Waals surface area contributed by atoms with Gasteiger partial charge in [0.2, 0.25) is 0 Å². The molecule has 2 N–H and O–H groups in total. The first kappa shape index (κ1) is 30.7. The topological polar surface area (TPSA) is 130 Å². The van der Waals surface area contributed by atoms with E-state index in [1.807, 2.05) is 11.0 Å². The number of carbonyl (C=O) groups excluding carboxylic acids is 2. The molecule has 3 unspecified atom stereocenters. The van der Waals surface area contributed by atoms with Crippen molar-refractivity contribution in [3.05, 3.63) is 40.5 Å². The Morgan fingerprint density at radius 3 is 2.68 bits per heavy atom. The van der Waals surface area contributed by atoms with Crippen LogP contribution in [0.3, 0.4) is 0 Å². The van der Waals surface area contributed by atoms with E-state index in [1.165, 1.54) is 36.6 Å². The summed E-state index contributed by atoms with van der Waals surface area (Å²) in [4.78, 5) is 41.5. The van der Waals surface area contributed by atoms with Crippen LogP contribution in [-0.2, 0) is 20.8 Å². The number of amides is 2. The van der Waals surface area contributed by atoms with Gasteiger partial charge in [-0.1, -0.05) is 30.4 Å². The number of carboxylic acids is 1. The predicted octanol–water partition coefficient (Wildman–Crippen LogP) is 4.72. The normalized spacial score (nSPS) is 25.5. The monoisotopic (exact) mass is 640 g/mol. The van der Waals surface area contributed by atoms with E-state index in [9.17, 15) is 24.6 Å². The number of aryl methyl sites for hydroxylation is 1. The number of aliphatic hydroxyl groups excluding tert-OH is 1. The minimum atomic E-state index is -1.02. The highest BCUT2D eigenvalue weighted by molar-refractivity contribution is 8.26. The van der Waals surface area contributed by atoms with E-state index in [1.54, 1.807) is 24.3 Å². The van der Waals surface area contributed by atoms with Gasteiger partial charge in [-0.15, -0.1) is 0 Å². The van der Waals surface area contributed by atoms with Crippen LogP contribution >= 0.6 is 24.0 Å². The summed E-state index contributed by atoms with van der Waals surface area (Å²) >= 11 is 6.97. The molecule has 0 radical (unpaired) electrons. The number of carbonyl (C=O) groups is 3. The summed E-state index contributed by atoms with van der Waals surface area (Å²) in [5, 5.41) is 18.9. The minimum absolute atomic E-state index is 0.0111. The van der Waals surface area contributed by atoms with Crippen molar-refractivity contribution >= 4 is 52.2 Å². The zero-order valence-corrected chi connectivity index (χ0v) is 26.2. The molecule has 0 spiro atoms. The molecule has 2 saturated heterocycles. The number of hydrogen-bond donors (Lipinski definition) is 2. The number of ether oxygens (including phenoxy) is 2. The molecule has 2 bridgehead atoms. The second-order valence-electron chi connectivity index (χ2n) is 11.9. The van der Waals surface area contributed by atoms with Gasteiger partial charge in [-0.3, -0.25) is 14.5 Å². The molecule has 4 fully saturated rings. The van der Waals surface area contributed by atoms with Crippen LogP contribution in [-0.4, -0.2) is 81.1 Å². The molecule has 6 rings (SSSR count). The molecule has 1 aromatic carbocycles. The Morgan fingerprint density at radius 2 is 1.98 bits per heavy atom. The largest absolute Gasteiger partial charge is 0.497 e. The number of hydrogen-bond acceptors (Lipinski definition) is 9. The van der Waals surface area contributed by atoms with E-state index in [0.29, 0.717) is 81.9 Å². The van der Waals surface area contributed by atoms with E-state index in [2.05, 4.69) is 0 Å². The fraction of sp³-hybridized carbons (Fsp3) is 0.500. The second kappa shape index (κ2) is 12.9. The van der Waals surface area contributed by atoms with E-state index in [0.717, 1.165) is 18.4 Å². The molecule has 10 nitrogen and oxygen atoms in total. The van der Waals surface area contributed by atoms with Crippen molar-refractivity contribution in [2.45, 2.75) is 63.5 Å². The number of rotatable bonds is 11. The lowest BCUT2D eigenvalue weighted by molar-refractivity contribution is -0.148. The molecule has 4 aliphatic rings. The molecule has 44 heavy (non-hydrogen) atoms. The van der Waals surface area contributed by atoms with Crippen molar-refractivity contribution in [1.29, 1.82) is 0 Å². The third kappa shape index (κ3) is 6.12. The Labute approximate surface area is 265 Å². The number of thioether (sulfide) groups is 1. The second-order valence-corrected chi connectivity index (χ2v) is 13.6. The Bertz CT molecular complexity index is 1500. The van der Waals surface area contributed by atoms with Crippen molar-refractivity contribution in [3.8, 4) is 22.8 Å². The molecule has 234 valence electrons. The lowest BCUT2D eigenvalue weighted by Gasteiger charge is -2.30. The molecule has 2 aromatic rings. The zero-order valence-electron chi connectivity index (χ0n) is 24.5. The number of likely N-dealkylation sites (tertiary alicyclic amines) is 1. The standard InChI is InChI=1S/C32H36N2O8S2/c1-40-22-12-21(13-23(15-22)41-17-29(36)33-8-2-5-24(33)31(38)39)26-14-20(4-3-9-35)27(42-26)16-28-30(37)34(32(43)44-28)25-11-18-6-7-19(25)10-18/h12-16,18-19,24-25,35H,2-11,17H2,1H3,(H,38,39)/b28-16-/t18?,19?,24-,25?/m0/s1. The maximum absolute atomic E-state index is 13.6. The molecule has 2 aliphatic heterocycles. The zero-order chi connectivity index (χ0) is 31.0. The summed E-state index contributed by atoms with van der Waals surface area (Å²) in [6, 6.07) is 6.37. The highest BCUT2D eigenvalue weighted by atomic mass is 32.2. The minimum Gasteiger partial charge on any atom is -0.497 e. The van der Waals surface area contributed by atoms with Crippen LogP contribution in [0.2, 0.25) is 0 Å². The Hall–Kier alpha value is -3.35. The fourth-order valence-corrected chi connectivity index (χ4v) is 8.39. The third-order valence-electron chi connectivity index (χ3n) is 9.18. The summed E-state index contributed by atoms with van der Waals surface area (Å²) in [5.41, 5.74) is 1.48. The van der Waals surface area contributed by atoms with E-state index in [-0.39, 0.29) is 25.2 Å². The number of aliphatic carboxylic acids is 1. The number of carboxylic acid groups (broad SMARTS) is 1. The highest BCUT2D eigenvalue weighted by Gasteiger charge is 2.48. The molecule has 12 heteroatoms. The summed E-state index contributed by atoms with van der Waals surface area (Å²) in [5.74, 6) is 1.60. The molecule has 2 saturated carbocycles. The van der Waals surface area contributed by atoms with Gasteiger partial charge < -0.3 is 29.0 Å². The number of benzene rings is 1. The van der Waals surface area contributed by atoms with Crippen LogP contribution in [0.15, 0.2) is 33.6 Å². The van der Waals surface area contributed by atoms with Crippen molar-refractivity contribution < 1.29 is 38.5 Å². The molecule has 1 aromatic heterocycles. The maximum Gasteiger partial charge on any atom is 0.326 e. The fourth-order valence-electron chi connectivity index (χ4n) is 7.05. The first-order valence-electron chi connectivity index (χ1n) is 15.1. The van der Waals surface area contributed by atoms with Crippen LogP contribution in [0.1, 0.15) is 56.3 Å². The first-order valence-corrected chi connectivity index (χ1v) is 16.3. The maximum atomic E-state index is 13.6. The van der Waals surface area contributed by atoms with Crippen molar-refractivity contribution in [2.75, 3.05) is 26.9 Å². The van der Waals surface area contributed by atoms with Gasteiger partial charge in [0.25, 0.3) is 11.8 Å². The number of nitrogens with zero attached hydrogens (tertiary/aromatic N) is 2. The SMILES string of the molecule is COc1cc(OCC(=O)N2CCC[C@H]2C(=O)O)cc(-c2cc(CCCO)c(/C=C3\SC(=S)N(C4CC5CCC4C5)C3=O)o2)c1. The third-order valence-corrected chi connectivity index (χ3v) is 10.5. The summed E-state index contributed by atoms with van der Waals surface area (Å²) in [6.07, 6.45) is 8.47. The van der Waals surface area contributed by atoms with Crippen LogP contribution in [0, 0.1) is 11.8 Å². The quantitative estimate of drug-likeness (QED) is 0.263. The summed E-state index contributed by atoms with van der Waals surface area (Å²) in [6.45, 7) is 0.0814. The summed E-state index contributed by atoms with van der Waals surface area (Å²) in [7, 11) is 1.52. The first-order chi connectivity index (χ1) is 21.2. The van der Waals surface area contributed by atoms with Crippen molar-refractivity contribution in [1.82, 2.24) is 9.80 Å². The number of methoxy groups -OCH3 is 1. The average Bonchev–Trinajstić information content (AvgIpc) is 3.85. The lowest BCUT2D eigenvalue weighted by atomic mass is 9.94. The van der Waals surface area contributed by atoms with Crippen LogP contribution < -0.4 is 9.47 Å². The lowest BCUT2D eigenvalue weighted by Crippen LogP contribution is -2.42.